The van der Waals surface area contributed by atoms with Crippen molar-refractivity contribution in [2.75, 3.05) is 13.2 Å². The number of nitrogens with one attached hydrogen (secondary N) is 1. The van der Waals surface area contributed by atoms with E-state index in [0.29, 0.717) is 6.42 Å². The smallest absolute Gasteiger partial charge is 0.220 e. The summed E-state index contributed by atoms with van der Waals surface area (Å²) in [7, 11) is 0. The summed E-state index contributed by atoms with van der Waals surface area (Å²) in [5.74, 6) is -0.193. The molecule has 1 aliphatic rings. The van der Waals surface area contributed by atoms with Gasteiger partial charge >= 0.3 is 0 Å². The minimum atomic E-state index is -1.57. The first-order chi connectivity index (χ1) is 25.8. The molecule has 0 spiro atoms. The zero-order valence-corrected chi connectivity index (χ0v) is 33.8. The first-order valence-corrected chi connectivity index (χ1v) is 21.7. The second-order valence-corrected chi connectivity index (χ2v) is 15.1. The molecule has 0 bridgehead atoms. The summed E-state index contributed by atoms with van der Waals surface area (Å²) < 4.78 is 11.2. The summed E-state index contributed by atoms with van der Waals surface area (Å²) >= 11 is 0. The molecule has 1 heterocycles. The fourth-order valence-electron chi connectivity index (χ4n) is 6.66. The first kappa shape index (κ1) is 49.4. The van der Waals surface area contributed by atoms with Crippen LogP contribution in [0.15, 0.2) is 36.5 Å². The van der Waals surface area contributed by atoms with Gasteiger partial charge in [-0.05, 0) is 44.9 Å². The molecule has 9 nitrogen and oxygen atoms in total. The number of carbonyl (C=O) groups excluding carboxylic acids is 1. The third-order valence-corrected chi connectivity index (χ3v) is 10.2. The molecule has 0 aromatic rings. The average molecular weight is 752 g/mol. The van der Waals surface area contributed by atoms with Crippen LogP contribution in [-0.2, 0) is 14.3 Å². The number of unbranched alkanes of at least 4 members (excludes halogenated alkanes) is 21. The maximum absolute atomic E-state index is 12.9. The highest BCUT2D eigenvalue weighted by molar-refractivity contribution is 5.76. The number of allylic oxidation sites excluding steroid dienone is 5. The average Bonchev–Trinajstić information content (AvgIpc) is 3.16. The van der Waals surface area contributed by atoms with Gasteiger partial charge in [-0.25, -0.2) is 0 Å². The number of ether oxygens (including phenoxy) is 2. The highest BCUT2D eigenvalue weighted by Gasteiger charge is 2.44. The molecule has 6 N–H and O–H groups in total. The molecule has 7 unspecified atom stereocenters. The van der Waals surface area contributed by atoms with Crippen molar-refractivity contribution in [3.05, 3.63) is 36.5 Å². The van der Waals surface area contributed by atoms with Crippen molar-refractivity contribution < 1.29 is 39.8 Å². The lowest BCUT2D eigenvalue weighted by molar-refractivity contribution is -0.302. The van der Waals surface area contributed by atoms with E-state index in [0.717, 1.165) is 44.9 Å². The van der Waals surface area contributed by atoms with E-state index in [1.807, 2.05) is 6.08 Å². The number of hydrogen-bond donors (Lipinski definition) is 6. The van der Waals surface area contributed by atoms with E-state index in [1.54, 1.807) is 6.08 Å². The molecular formula is C44H81NO8. The molecule has 310 valence electrons. The summed E-state index contributed by atoms with van der Waals surface area (Å²) in [6.45, 7) is 3.73. The number of aliphatic hydroxyl groups is 5. The lowest BCUT2D eigenvalue weighted by Gasteiger charge is -2.40. The molecule has 0 radical (unpaired) electrons. The monoisotopic (exact) mass is 752 g/mol. The third kappa shape index (κ3) is 26.0. The van der Waals surface area contributed by atoms with E-state index in [4.69, 9.17) is 9.47 Å². The van der Waals surface area contributed by atoms with Crippen LogP contribution in [0.1, 0.15) is 181 Å². The van der Waals surface area contributed by atoms with Gasteiger partial charge in [-0.1, -0.05) is 166 Å². The number of aliphatic hydroxyl groups excluding tert-OH is 5. The molecule has 0 saturated carbocycles. The summed E-state index contributed by atoms with van der Waals surface area (Å²) in [4.78, 5) is 12.9. The Hall–Kier alpha value is -1.59. The van der Waals surface area contributed by atoms with Crippen LogP contribution in [0.5, 0.6) is 0 Å². The third-order valence-electron chi connectivity index (χ3n) is 10.2. The van der Waals surface area contributed by atoms with Gasteiger partial charge in [0.2, 0.25) is 5.91 Å². The van der Waals surface area contributed by atoms with Crippen molar-refractivity contribution in [1.82, 2.24) is 5.32 Å². The van der Waals surface area contributed by atoms with Crippen molar-refractivity contribution in [1.29, 1.82) is 0 Å². The molecular weight excluding hydrogens is 670 g/mol. The topological polar surface area (TPSA) is 149 Å². The predicted molar refractivity (Wildman–Crippen MR) is 216 cm³/mol. The van der Waals surface area contributed by atoms with Gasteiger partial charge in [0.15, 0.2) is 6.29 Å². The molecule has 0 aromatic heterocycles. The maximum atomic E-state index is 12.9. The van der Waals surface area contributed by atoms with E-state index in [-0.39, 0.29) is 12.5 Å². The zero-order chi connectivity index (χ0) is 38.8. The van der Waals surface area contributed by atoms with Crippen molar-refractivity contribution in [3.63, 3.8) is 0 Å². The molecule has 1 fully saturated rings. The second-order valence-electron chi connectivity index (χ2n) is 15.1. The van der Waals surface area contributed by atoms with Crippen LogP contribution >= 0.6 is 0 Å². The molecule has 1 rings (SSSR count). The van der Waals surface area contributed by atoms with Gasteiger partial charge in [0, 0.05) is 6.42 Å². The standard InChI is InChI=1S/C44H81NO8/c1-3-5-7-9-11-13-15-17-18-19-20-21-22-23-25-27-29-31-33-38(47)37(36-52-44-43(51)42(50)41(49)39(35-46)53-44)45-40(48)34-32-30-28-26-24-16-14-12-10-8-6-4-2/h19-20,23,25,31,33,37-39,41-44,46-47,49-51H,3-18,21-22,24,26-30,32,34-36H2,1-2H3,(H,45,48)/b20-19+,25-23+,33-31+. The molecule has 0 aromatic carbocycles. The Morgan fingerprint density at radius 1 is 0.623 bits per heavy atom. The van der Waals surface area contributed by atoms with E-state index in [2.05, 4.69) is 43.5 Å². The predicted octanol–water partition coefficient (Wildman–Crippen LogP) is 8.50. The Balaban J connectivity index is 2.43. The maximum Gasteiger partial charge on any atom is 0.220 e. The quantitative estimate of drug-likeness (QED) is 0.0279. The van der Waals surface area contributed by atoms with E-state index < -0.39 is 49.5 Å². The summed E-state index contributed by atoms with van der Waals surface area (Å²) in [5, 5.41) is 54.0. The fraction of sp³-hybridized carbons (Fsp3) is 0.841. The Morgan fingerprint density at radius 2 is 1.08 bits per heavy atom. The van der Waals surface area contributed by atoms with Crippen molar-refractivity contribution in [2.45, 2.75) is 224 Å². The Kier molecular flexibility index (Phi) is 32.5. The normalized spacial score (nSPS) is 22.0. The molecule has 1 aliphatic heterocycles. The molecule has 9 heteroatoms. The number of carbonyl (C=O) groups is 1. The Labute approximate surface area is 323 Å². The number of rotatable bonds is 35. The molecule has 1 saturated heterocycles. The lowest BCUT2D eigenvalue weighted by atomic mass is 9.99. The summed E-state index contributed by atoms with van der Waals surface area (Å²) in [6, 6.07) is -0.823. The molecule has 53 heavy (non-hydrogen) atoms. The highest BCUT2D eigenvalue weighted by Crippen LogP contribution is 2.22. The van der Waals surface area contributed by atoms with Gasteiger partial charge in [0.25, 0.3) is 0 Å². The molecule has 0 aliphatic carbocycles. The molecule has 1 amide bonds. The van der Waals surface area contributed by atoms with Crippen molar-refractivity contribution in [2.24, 2.45) is 0 Å². The van der Waals surface area contributed by atoms with Crippen LogP contribution in [0, 0.1) is 0 Å². The fourth-order valence-corrected chi connectivity index (χ4v) is 6.66. The SMILES string of the molecule is CCCCCCCCCC/C=C/CC/C=C/CC/C=C/C(O)C(COC1OC(CO)C(O)C(O)C1O)NC(=O)CCCCCCCCCCCCCC. The van der Waals surface area contributed by atoms with Crippen LogP contribution in [0.4, 0.5) is 0 Å². The minimum absolute atomic E-state index is 0.193. The van der Waals surface area contributed by atoms with Crippen LogP contribution in [-0.4, -0.2) is 87.5 Å². The minimum Gasteiger partial charge on any atom is -0.394 e. The highest BCUT2D eigenvalue weighted by atomic mass is 16.7. The van der Waals surface area contributed by atoms with Crippen LogP contribution in [0.2, 0.25) is 0 Å². The molecule has 7 atom stereocenters. The van der Waals surface area contributed by atoms with Gasteiger partial charge in [-0.15, -0.1) is 0 Å². The number of amides is 1. The first-order valence-electron chi connectivity index (χ1n) is 21.7. The number of hydrogen-bond acceptors (Lipinski definition) is 8. The van der Waals surface area contributed by atoms with E-state index in [1.165, 1.54) is 116 Å². The van der Waals surface area contributed by atoms with E-state index >= 15 is 0 Å². The van der Waals surface area contributed by atoms with Gasteiger partial charge in [0.1, 0.15) is 24.4 Å². The van der Waals surface area contributed by atoms with Crippen LogP contribution in [0.25, 0.3) is 0 Å². The zero-order valence-electron chi connectivity index (χ0n) is 33.8. The van der Waals surface area contributed by atoms with Crippen LogP contribution in [0.3, 0.4) is 0 Å². The largest absolute Gasteiger partial charge is 0.394 e. The van der Waals surface area contributed by atoms with Gasteiger partial charge in [-0.2, -0.15) is 0 Å². The Bertz CT molecular complexity index is 925. The Morgan fingerprint density at radius 3 is 1.58 bits per heavy atom. The van der Waals surface area contributed by atoms with Gasteiger partial charge in [-0.3, -0.25) is 4.79 Å². The van der Waals surface area contributed by atoms with Crippen molar-refractivity contribution >= 4 is 5.91 Å². The summed E-state index contributed by atoms with van der Waals surface area (Å²) in [5.41, 5.74) is 0. The van der Waals surface area contributed by atoms with Gasteiger partial charge in [0.05, 0.1) is 25.4 Å². The summed E-state index contributed by atoms with van der Waals surface area (Å²) in [6.07, 6.45) is 34.7. The van der Waals surface area contributed by atoms with Crippen LogP contribution < -0.4 is 5.32 Å². The second kappa shape index (κ2) is 34.9. The lowest BCUT2D eigenvalue weighted by Crippen LogP contribution is -2.60. The van der Waals surface area contributed by atoms with Gasteiger partial charge < -0.3 is 40.3 Å². The van der Waals surface area contributed by atoms with E-state index in [9.17, 15) is 30.3 Å². The van der Waals surface area contributed by atoms with Crippen molar-refractivity contribution in [3.8, 4) is 0 Å².